The largest absolute Gasteiger partial charge is 0.508 e. The number of aliphatic hydroxyl groups excluding tert-OH is 2. The molecule has 2 aliphatic heterocycles. The SMILES string of the molecule is CCCCC[C@H]1O[C@]2(OCc3c(O)cccc32)[C@H](O)[C@@H]1O. The molecule has 1 aromatic carbocycles. The summed E-state index contributed by atoms with van der Waals surface area (Å²) in [5.74, 6) is -1.21. The smallest absolute Gasteiger partial charge is 0.225 e. The van der Waals surface area contributed by atoms with Gasteiger partial charge in [0, 0.05) is 11.1 Å². The summed E-state index contributed by atoms with van der Waals surface area (Å²) in [6.07, 6.45) is 1.21. The first kappa shape index (κ1) is 14.8. The number of ether oxygens (including phenoxy) is 2. The van der Waals surface area contributed by atoms with Gasteiger partial charge in [-0.15, -0.1) is 0 Å². The second-order valence-electron chi connectivity index (χ2n) is 5.85. The maximum absolute atomic E-state index is 10.4. The standard InChI is InChI=1S/C16H22O5/c1-2-3-4-8-13-14(18)15(19)16(21-13)11-6-5-7-12(17)10(11)9-20-16/h5-7,13-15,17-19H,2-4,8-9H2,1H3/t13-,14-,15-,16+/m1/s1. The van der Waals surface area contributed by atoms with Gasteiger partial charge in [0.15, 0.2) is 0 Å². The Morgan fingerprint density at radius 3 is 2.86 bits per heavy atom. The lowest BCUT2D eigenvalue weighted by Gasteiger charge is -2.27. The number of hydrogen-bond donors (Lipinski definition) is 3. The number of aliphatic hydroxyl groups is 2. The maximum atomic E-state index is 10.4. The van der Waals surface area contributed by atoms with E-state index >= 15 is 0 Å². The molecular weight excluding hydrogens is 272 g/mol. The summed E-state index contributed by atoms with van der Waals surface area (Å²) in [5, 5.41) is 30.6. The van der Waals surface area contributed by atoms with Crippen LogP contribution in [0.4, 0.5) is 0 Å². The minimum atomic E-state index is -1.34. The Kier molecular flexibility index (Phi) is 3.92. The van der Waals surface area contributed by atoms with Crippen molar-refractivity contribution in [2.45, 2.75) is 63.3 Å². The van der Waals surface area contributed by atoms with Gasteiger partial charge < -0.3 is 24.8 Å². The summed E-state index contributed by atoms with van der Waals surface area (Å²) in [4.78, 5) is 0. The van der Waals surface area contributed by atoms with E-state index in [0.717, 1.165) is 19.3 Å². The topological polar surface area (TPSA) is 79.2 Å². The van der Waals surface area contributed by atoms with Crippen molar-refractivity contribution in [1.29, 1.82) is 0 Å². The van der Waals surface area contributed by atoms with Gasteiger partial charge in [0.25, 0.3) is 0 Å². The summed E-state index contributed by atoms with van der Waals surface area (Å²) in [6, 6.07) is 5.04. The third-order valence-electron chi connectivity index (χ3n) is 4.47. The van der Waals surface area contributed by atoms with Crippen molar-refractivity contribution >= 4 is 0 Å². The predicted octanol–water partition coefficient (Wildman–Crippen LogP) is 1.78. The molecule has 0 radical (unpaired) electrons. The number of benzene rings is 1. The second kappa shape index (κ2) is 5.57. The fourth-order valence-corrected chi connectivity index (χ4v) is 3.27. The zero-order valence-corrected chi connectivity index (χ0v) is 12.2. The van der Waals surface area contributed by atoms with Crippen LogP contribution in [0.15, 0.2) is 18.2 Å². The van der Waals surface area contributed by atoms with Gasteiger partial charge in [-0.2, -0.15) is 0 Å². The molecule has 2 aliphatic rings. The van der Waals surface area contributed by atoms with E-state index in [1.165, 1.54) is 0 Å². The molecule has 5 heteroatoms. The highest BCUT2D eigenvalue weighted by Crippen LogP contribution is 2.49. The molecule has 0 unspecified atom stereocenters. The van der Waals surface area contributed by atoms with Crippen LogP contribution in [0.25, 0.3) is 0 Å². The minimum absolute atomic E-state index is 0.129. The Morgan fingerprint density at radius 1 is 1.29 bits per heavy atom. The van der Waals surface area contributed by atoms with Gasteiger partial charge in [0.2, 0.25) is 5.79 Å². The molecule has 116 valence electrons. The number of aromatic hydroxyl groups is 1. The quantitative estimate of drug-likeness (QED) is 0.738. The van der Waals surface area contributed by atoms with Crippen molar-refractivity contribution in [3.8, 4) is 5.75 Å². The van der Waals surface area contributed by atoms with Gasteiger partial charge in [0.1, 0.15) is 18.0 Å². The van der Waals surface area contributed by atoms with E-state index < -0.39 is 24.1 Å². The summed E-state index contributed by atoms with van der Waals surface area (Å²) in [5.41, 5.74) is 1.24. The van der Waals surface area contributed by atoms with Gasteiger partial charge >= 0.3 is 0 Å². The Hall–Kier alpha value is -1.14. The molecule has 0 saturated carbocycles. The lowest BCUT2D eigenvalue weighted by molar-refractivity contribution is -0.260. The van der Waals surface area contributed by atoms with Crippen molar-refractivity contribution in [1.82, 2.24) is 0 Å². The number of hydrogen-bond acceptors (Lipinski definition) is 5. The molecule has 4 atom stereocenters. The second-order valence-corrected chi connectivity index (χ2v) is 5.85. The molecule has 0 bridgehead atoms. The summed E-state index contributed by atoms with van der Waals surface area (Å²) in [7, 11) is 0. The third-order valence-corrected chi connectivity index (χ3v) is 4.47. The maximum Gasteiger partial charge on any atom is 0.225 e. The van der Waals surface area contributed by atoms with Crippen LogP contribution >= 0.6 is 0 Å². The molecule has 1 saturated heterocycles. The molecule has 1 fully saturated rings. The van der Waals surface area contributed by atoms with Gasteiger partial charge in [0.05, 0.1) is 12.7 Å². The van der Waals surface area contributed by atoms with Crippen molar-refractivity contribution in [3.05, 3.63) is 29.3 Å². The van der Waals surface area contributed by atoms with Gasteiger partial charge in [-0.25, -0.2) is 0 Å². The third kappa shape index (κ3) is 2.25. The summed E-state index contributed by atoms with van der Waals surface area (Å²) < 4.78 is 11.6. The van der Waals surface area contributed by atoms with Crippen molar-refractivity contribution in [2.75, 3.05) is 0 Å². The van der Waals surface area contributed by atoms with E-state index in [1.54, 1.807) is 18.2 Å². The lowest BCUT2D eigenvalue weighted by Crippen LogP contribution is -2.40. The van der Waals surface area contributed by atoms with Crippen LogP contribution in [-0.4, -0.2) is 33.6 Å². The van der Waals surface area contributed by atoms with Crippen LogP contribution in [0.3, 0.4) is 0 Å². The number of phenolic OH excluding ortho intramolecular Hbond substituents is 1. The fourth-order valence-electron chi connectivity index (χ4n) is 3.27. The van der Waals surface area contributed by atoms with E-state index in [-0.39, 0.29) is 12.4 Å². The van der Waals surface area contributed by atoms with Crippen LogP contribution in [0, 0.1) is 0 Å². The molecular formula is C16H22O5. The first-order valence-electron chi connectivity index (χ1n) is 7.59. The van der Waals surface area contributed by atoms with Crippen LogP contribution in [0.1, 0.15) is 43.7 Å². The van der Waals surface area contributed by atoms with Crippen LogP contribution in [-0.2, 0) is 21.9 Å². The normalized spacial score (nSPS) is 34.5. The molecule has 3 rings (SSSR count). The number of phenols is 1. The van der Waals surface area contributed by atoms with Crippen molar-refractivity contribution < 1.29 is 24.8 Å². The minimum Gasteiger partial charge on any atom is -0.508 e. The van der Waals surface area contributed by atoms with Crippen molar-refractivity contribution in [3.63, 3.8) is 0 Å². The Bertz CT molecular complexity index is 517. The average Bonchev–Trinajstić information content (AvgIpc) is 2.96. The average molecular weight is 294 g/mol. The van der Waals surface area contributed by atoms with Gasteiger partial charge in [-0.3, -0.25) is 0 Å². The van der Waals surface area contributed by atoms with Crippen molar-refractivity contribution in [2.24, 2.45) is 0 Å². The highest BCUT2D eigenvalue weighted by atomic mass is 16.7. The monoisotopic (exact) mass is 294 g/mol. The van der Waals surface area contributed by atoms with Crippen LogP contribution < -0.4 is 0 Å². The van der Waals surface area contributed by atoms with E-state index in [0.29, 0.717) is 17.5 Å². The Morgan fingerprint density at radius 2 is 2.10 bits per heavy atom. The molecule has 1 aromatic rings. The molecule has 0 amide bonds. The number of fused-ring (bicyclic) bond motifs is 2. The van der Waals surface area contributed by atoms with Gasteiger partial charge in [-0.05, 0) is 12.5 Å². The van der Waals surface area contributed by atoms with Crippen LogP contribution in [0.5, 0.6) is 5.75 Å². The number of rotatable bonds is 4. The fraction of sp³-hybridized carbons (Fsp3) is 0.625. The van der Waals surface area contributed by atoms with E-state index in [1.807, 2.05) is 0 Å². The van der Waals surface area contributed by atoms with E-state index in [2.05, 4.69) is 6.92 Å². The highest BCUT2D eigenvalue weighted by molar-refractivity contribution is 5.44. The molecule has 21 heavy (non-hydrogen) atoms. The zero-order chi connectivity index (χ0) is 15.0. The van der Waals surface area contributed by atoms with Crippen LogP contribution in [0.2, 0.25) is 0 Å². The first-order chi connectivity index (χ1) is 10.1. The molecule has 3 N–H and O–H groups in total. The predicted molar refractivity (Wildman–Crippen MR) is 75.6 cm³/mol. The Labute approximate surface area is 124 Å². The van der Waals surface area contributed by atoms with E-state index in [9.17, 15) is 15.3 Å². The first-order valence-corrected chi connectivity index (χ1v) is 7.59. The lowest BCUT2D eigenvalue weighted by atomic mass is 9.95. The highest BCUT2D eigenvalue weighted by Gasteiger charge is 2.59. The van der Waals surface area contributed by atoms with Gasteiger partial charge in [-0.1, -0.05) is 38.3 Å². The molecule has 0 aliphatic carbocycles. The molecule has 2 heterocycles. The summed E-state index contributed by atoms with van der Waals surface area (Å²) in [6.45, 7) is 2.29. The molecule has 5 nitrogen and oxygen atoms in total. The molecule has 1 spiro atoms. The number of unbranched alkanes of at least 4 members (excludes halogenated alkanes) is 2. The van der Waals surface area contributed by atoms with E-state index in [4.69, 9.17) is 9.47 Å². The molecule has 0 aromatic heterocycles. The summed E-state index contributed by atoms with van der Waals surface area (Å²) >= 11 is 0. The Balaban J connectivity index is 1.86. The zero-order valence-electron chi connectivity index (χ0n) is 12.2.